The van der Waals surface area contributed by atoms with E-state index in [2.05, 4.69) is 26.7 Å². The highest BCUT2D eigenvalue weighted by Crippen LogP contribution is 2.28. The van der Waals surface area contributed by atoms with E-state index in [9.17, 15) is 4.79 Å². The van der Waals surface area contributed by atoms with Gasteiger partial charge in [0.15, 0.2) is 17.8 Å². The van der Waals surface area contributed by atoms with Crippen LogP contribution in [-0.4, -0.2) is 31.6 Å². The van der Waals surface area contributed by atoms with Gasteiger partial charge in [0.25, 0.3) is 0 Å². The van der Waals surface area contributed by atoms with Crippen molar-refractivity contribution in [2.45, 2.75) is 25.9 Å². The van der Waals surface area contributed by atoms with Gasteiger partial charge in [-0.15, -0.1) is 0 Å². The third kappa shape index (κ3) is 5.35. The summed E-state index contributed by atoms with van der Waals surface area (Å²) in [4.78, 5) is 11.6. The summed E-state index contributed by atoms with van der Waals surface area (Å²) in [5, 5.41) is 7.55. The molecule has 0 bridgehead atoms. The first-order valence-corrected chi connectivity index (χ1v) is 9.08. The lowest BCUT2D eigenvalue weighted by molar-refractivity contribution is -0.126. The molecule has 2 aromatic rings. The molecule has 2 unspecified atom stereocenters. The third-order valence-electron chi connectivity index (χ3n) is 4.04. The Hall–Kier alpha value is -2.81. The van der Waals surface area contributed by atoms with Crippen LogP contribution in [0.3, 0.4) is 0 Å². The zero-order valence-electron chi connectivity index (χ0n) is 15.5. The smallest absolute Gasteiger partial charge is 0.240 e. The van der Waals surface area contributed by atoms with Gasteiger partial charge in [0.05, 0.1) is 19.4 Å². The molecule has 3 rings (SSSR count). The van der Waals surface area contributed by atoms with E-state index in [-0.39, 0.29) is 11.9 Å². The van der Waals surface area contributed by atoms with Crippen LogP contribution in [0.4, 0.5) is 0 Å². The molecule has 1 saturated heterocycles. The molecular weight excluding hydrogens is 382 g/mol. The molecule has 0 saturated carbocycles. The van der Waals surface area contributed by atoms with Crippen LogP contribution in [0, 0.1) is 0 Å². The van der Waals surface area contributed by atoms with Crippen molar-refractivity contribution in [1.29, 1.82) is 0 Å². The number of nitrogens with one attached hydrogen (secondary N) is 4. The Balaban J connectivity index is 1.57. The minimum absolute atomic E-state index is 0.115. The Morgan fingerprint density at radius 3 is 2.68 bits per heavy atom. The largest absolute Gasteiger partial charge is 0.493 e. The Morgan fingerprint density at radius 1 is 1.18 bits per heavy atom. The first-order chi connectivity index (χ1) is 13.5. The number of benzene rings is 2. The van der Waals surface area contributed by atoms with Crippen molar-refractivity contribution >= 4 is 23.7 Å². The van der Waals surface area contributed by atoms with Crippen molar-refractivity contribution in [3.63, 3.8) is 0 Å². The molecule has 1 aliphatic rings. The predicted molar refractivity (Wildman–Crippen MR) is 107 cm³/mol. The molecule has 8 nitrogen and oxygen atoms in total. The van der Waals surface area contributed by atoms with Crippen LogP contribution >= 0.6 is 11.6 Å². The lowest BCUT2D eigenvalue weighted by Gasteiger charge is -2.28. The van der Waals surface area contributed by atoms with Crippen LogP contribution in [0.5, 0.6) is 11.5 Å². The molecule has 9 heteroatoms. The summed E-state index contributed by atoms with van der Waals surface area (Å²) < 4.78 is 11.2. The standard InChI is InChI=1S/C19H22ClN5O3/c1-12-18(26)22-19(25-23-12)24-21-10-14-5-8-16(17(9-14)27-2)28-11-13-3-6-15(20)7-4-13/h3-10,12,19,23-25H,11H2,1-2H3,(H,22,26)/b21-10+. The van der Waals surface area contributed by atoms with Gasteiger partial charge in [0.2, 0.25) is 5.91 Å². The predicted octanol–water partition coefficient (Wildman–Crippen LogP) is 1.75. The van der Waals surface area contributed by atoms with Crippen LogP contribution in [0.25, 0.3) is 0 Å². The monoisotopic (exact) mass is 403 g/mol. The van der Waals surface area contributed by atoms with E-state index in [4.69, 9.17) is 21.1 Å². The maximum absolute atomic E-state index is 11.6. The molecule has 4 N–H and O–H groups in total. The summed E-state index contributed by atoms with van der Waals surface area (Å²) in [6.07, 6.45) is 1.13. The molecule has 2 aromatic carbocycles. The highest BCUT2D eigenvalue weighted by Gasteiger charge is 2.22. The first kappa shape index (κ1) is 19.9. The summed E-state index contributed by atoms with van der Waals surface area (Å²) >= 11 is 5.89. The summed E-state index contributed by atoms with van der Waals surface area (Å²) in [6, 6.07) is 12.7. The molecule has 28 heavy (non-hydrogen) atoms. The molecule has 0 aliphatic carbocycles. The minimum atomic E-state index is -0.496. The second-order valence-electron chi connectivity index (χ2n) is 6.16. The number of hydrazine groups is 1. The van der Waals surface area contributed by atoms with E-state index in [1.54, 1.807) is 20.2 Å². The Labute approximate surface area is 168 Å². The van der Waals surface area contributed by atoms with Gasteiger partial charge >= 0.3 is 0 Å². The van der Waals surface area contributed by atoms with E-state index in [1.807, 2.05) is 42.5 Å². The lowest BCUT2D eigenvalue weighted by Crippen LogP contribution is -2.68. The van der Waals surface area contributed by atoms with E-state index >= 15 is 0 Å². The SMILES string of the molecule is COc1cc(/C=N/NC2NNC(C)C(=O)N2)ccc1OCc1ccc(Cl)cc1. The number of ether oxygens (including phenoxy) is 2. The van der Waals surface area contributed by atoms with Crippen molar-refractivity contribution in [2.75, 3.05) is 7.11 Å². The van der Waals surface area contributed by atoms with Gasteiger partial charge in [-0.3, -0.25) is 10.2 Å². The highest BCUT2D eigenvalue weighted by atomic mass is 35.5. The zero-order valence-corrected chi connectivity index (χ0v) is 16.3. The van der Waals surface area contributed by atoms with Gasteiger partial charge in [-0.1, -0.05) is 23.7 Å². The number of hydrazone groups is 1. The summed E-state index contributed by atoms with van der Waals surface area (Å²) in [6.45, 7) is 2.16. The van der Waals surface area contributed by atoms with Gasteiger partial charge in [-0.05, 0) is 48.4 Å². The minimum Gasteiger partial charge on any atom is -0.493 e. The third-order valence-corrected chi connectivity index (χ3v) is 4.29. The van der Waals surface area contributed by atoms with Crippen LogP contribution in [0.15, 0.2) is 47.6 Å². The number of hydrogen-bond donors (Lipinski definition) is 4. The summed E-state index contributed by atoms with van der Waals surface area (Å²) in [5.41, 5.74) is 10.4. The second kappa shape index (κ2) is 9.41. The molecule has 0 spiro atoms. The number of hydrogen-bond acceptors (Lipinski definition) is 7. The number of carbonyl (C=O) groups excluding carboxylic acids is 1. The number of rotatable bonds is 7. The maximum Gasteiger partial charge on any atom is 0.240 e. The van der Waals surface area contributed by atoms with Crippen LogP contribution < -0.4 is 31.1 Å². The molecule has 1 heterocycles. The quantitative estimate of drug-likeness (QED) is 0.415. The number of carbonyl (C=O) groups is 1. The van der Waals surface area contributed by atoms with E-state index in [1.165, 1.54) is 0 Å². The van der Waals surface area contributed by atoms with Crippen molar-refractivity contribution < 1.29 is 14.3 Å². The summed E-state index contributed by atoms with van der Waals surface area (Å²) in [5.74, 6) is 1.11. The first-order valence-electron chi connectivity index (χ1n) is 8.70. The molecular formula is C19H22ClN5O3. The Bertz CT molecular complexity index is 844. The van der Waals surface area contributed by atoms with Crippen molar-refractivity contribution in [2.24, 2.45) is 5.10 Å². The molecule has 0 aromatic heterocycles. The Kier molecular flexibility index (Phi) is 6.70. The van der Waals surface area contributed by atoms with Crippen molar-refractivity contribution in [1.82, 2.24) is 21.6 Å². The van der Waals surface area contributed by atoms with Crippen LogP contribution in [-0.2, 0) is 11.4 Å². The molecule has 1 amide bonds. The fourth-order valence-corrected chi connectivity index (χ4v) is 2.58. The van der Waals surface area contributed by atoms with Gasteiger partial charge in [0, 0.05) is 5.02 Å². The van der Waals surface area contributed by atoms with Crippen molar-refractivity contribution in [3.05, 3.63) is 58.6 Å². The van der Waals surface area contributed by atoms with Gasteiger partial charge in [-0.2, -0.15) is 5.10 Å². The molecule has 1 aliphatic heterocycles. The molecule has 1 fully saturated rings. The van der Waals surface area contributed by atoms with Crippen LogP contribution in [0.1, 0.15) is 18.1 Å². The number of amides is 1. The number of halogens is 1. The fraction of sp³-hybridized carbons (Fsp3) is 0.263. The molecule has 0 radical (unpaired) electrons. The number of nitrogens with zero attached hydrogens (tertiary/aromatic N) is 1. The normalized spacial score (nSPS) is 19.3. The average Bonchev–Trinajstić information content (AvgIpc) is 2.70. The van der Waals surface area contributed by atoms with E-state index < -0.39 is 6.29 Å². The fourth-order valence-electron chi connectivity index (χ4n) is 2.45. The maximum atomic E-state index is 11.6. The number of methoxy groups -OCH3 is 1. The second-order valence-corrected chi connectivity index (χ2v) is 6.60. The summed E-state index contributed by atoms with van der Waals surface area (Å²) in [7, 11) is 1.58. The van der Waals surface area contributed by atoms with E-state index in [0.717, 1.165) is 11.1 Å². The van der Waals surface area contributed by atoms with Gasteiger partial charge < -0.3 is 14.8 Å². The van der Waals surface area contributed by atoms with Crippen molar-refractivity contribution in [3.8, 4) is 11.5 Å². The van der Waals surface area contributed by atoms with Gasteiger partial charge in [-0.25, -0.2) is 10.9 Å². The Morgan fingerprint density at radius 2 is 1.96 bits per heavy atom. The lowest BCUT2D eigenvalue weighted by atomic mass is 10.2. The molecule has 148 valence electrons. The highest BCUT2D eigenvalue weighted by molar-refractivity contribution is 6.30. The van der Waals surface area contributed by atoms with E-state index in [0.29, 0.717) is 23.1 Å². The van der Waals surface area contributed by atoms with Crippen LogP contribution in [0.2, 0.25) is 5.02 Å². The molecule has 2 atom stereocenters. The van der Waals surface area contributed by atoms with Gasteiger partial charge in [0.1, 0.15) is 6.61 Å². The topological polar surface area (TPSA) is 96.0 Å². The zero-order chi connectivity index (χ0) is 19.9. The average molecular weight is 404 g/mol.